The number of amides is 3. The molecule has 1 rings (SSSR count). The van der Waals surface area contributed by atoms with Crippen LogP contribution >= 0.6 is 0 Å². The summed E-state index contributed by atoms with van der Waals surface area (Å²) in [6, 6.07) is 0. The first-order valence-corrected chi connectivity index (χ1v) is 9.10. The van der Waals surface area contributed by atoms with E-state index < -0.39 is 0 Å². The second kappa shape index (κ2) is 9.64. The van der Waals surface area contributed by atoms with E-state index in [1.165, 1.54) is 0 Å². The zero-order valence-electron chi connectivity index (χ0n) is 15.9. The van der Waals surface area contributed by atoms with Gasteiger partial charge in [-0.25, -0.2) is 0 Å². The molecule has 1 aliphatic rings. The first-order chi connectivity index (χ1) is 11.3. The van der Waals surface area contributed by atoms with Gasteiger partial charge in [-0.3, -0.25) is 14.4 Å². The van der Waals surface area contributed by atoms with Gasteiger partial charge in [0, 0.05) is 52.6 Å². The molecule has 0 aliphatic carbocycles. The van der Waals surface area contributed by atoms with Crippen LogP contribution in [0.5, 0.6) is 0 Å². The molecule has 1 saturated heterocycles. The van der Waals surface area contributed by atoms with Crippen molar-refractivity contribution in [1.82, 2.24) is 14.7 Å². The van der Waals surface area contributed by atoms with Crippen molar-refractivity contribution in [2.24, 2.45) is 11.8 Å². The lowest BCUT2D eigenvalue weighted by Crippen LogP contribution is -2.43. The summed E-state index contributed by atoms with van der Waals surface area (Å²) in [6.45, 7) is 11.0. The minimum absolute atomic E-state index is 0.0498. The fourth-order valence-corrected chi connectivity index (χ4v) is 3.08. The summed E-state index contributed by atoms with van der Waals surface area (Å²) < 4.78 is 0. The van der Waals surface area contributed by atoms with Crippen molar-refractivity contribution in [2.75, 3.05) is 39.8 Å². The molecule has 1 atom stereocenters. The molecule has 138 valence electrons. The number of hydrogen-bond acceptors (Lipinski definition) is 3. The van der Waals surface area contributed by atoms with E-state index in [0.717, 1.165) is 6.42 Å². The number of likely N-dealkylation sites (tertiary alicyclic amines) is 1. The number of carbonyl (C=O) groups is 3. The maximum absolute atomic E-state index is 12.8. The highest BCUT2D eigenvalue weighted by atomic mass is 16.2. The van der Waals surface area contributed by atoms with Gasteiger partial charge >= 0.3 is 0 Å². The normalized spacial score (nSPS) is 17.5. The largest absolute Gasteiger partial charge is 0.344 e. The molecular weight excluding hydrogens is 306 g/mol. The topological polar surface area (TPSA) is 60.9 Å². The fraction of sp³-hybridized carbons (Fsp3) is 0.833. The van der Waals surface area contributed by atoms with Gasteiger partial charge in [0.15, 0.2) is 0 Å². The van der Waals surface area contributed by atoms with Crippen LogP contribution in [0, 0.1) is 11.8 Å². The average molecular weight is 339 g/mol. The Balaban J connectivity index is 2.63. The molecule has 3 amide bonds. The van der Waals surface area contributed by atoms with E-state index in [1.807, 2.05) is 23.6 Å². The molecule has 6 nitrogen and oxygen atoms in total. The first kappa shape index (κ1) is 20.5. The van der Waals surface area contributed by atoms with Crippen molar-refractivity contribution in [3.05, 3.63) is 0 Å². The molecule has 1 unspecified atom stereocenters. The first-order valence-electron chi connectivity index (χ1n) is 9.10. The highest BCUT2D eigenvalue weighted by Gasteiger charge is 2.36. The predicted molar refractivity (Wildman–Crippen MR) is 94.3 cm³/mol. The maximum Gasteiger partial charge on any atom is 0.228 e. The Hall–Kier alpha value is -1.59. The third-order valence-corrected chi connectivity index (χ3v) is 4.39. The zero-order chi connectivity index (χ0) is 18.3. The monoisotopic (exact) mass is 339 g/mol. The average Bonchev–Trinajstić information content (AvgIpc) is 2.89. The Bertz CT molecular complexity index is 451. The van der Waals surface area contributed by atoms with Crippen LogP contribution in [0.4, 0.5) is 0 Å². The van der Waals surface area contributed by atoms with Gasteiger partial charge in [0.2, 0.25) is 17.7 Å². The standard InChI is InChI=1S/C18H33N3O3/c1-6-8-20(10-9-19(5)16(22)7-2)18(24)15-11-17(23)21(13-15)12-14(3)4/h14-15H,6-13H2,1-5H3. The van der Waals surface area contributed by atoms with Crippen LogP contribution in [-0.2, 0) is 14.4 Å². The molecule has 0 aromatic carbocycles. The molecule has 1 fully saturated rings. The summed E-state index contributed by atoms with van der Waals surface area (Å²) in [4.78, 5) is 41.9. The molecule has 24 heavy (non-hydrogen) atoms. The minimum atomic E-state index is -0.241. The van der Waals surface area contributed by atoms with Gasteiger partial charge in [-0.15, -0.1) is 0 Å². The van der Waals surface area contributed by atoms with E-state index in [-0.39, 0.29) is 23.6 Å². The molecule has 1 heterocycles. The second-order valence-corrected chi connectivity index (χ2v) is 7.09. The Morgan fingerprint density at radius 2 is 1.88 bits per heavy atom. The summed E-state index contributed by atoms with van der Waals surface area (Å²) in [5.74, 6) is 0.377. The van der Waals surface area contributed by atoms with Crippen LogP contribution < -0.4 is 0 Å². The number of carbonyl (C=O) groups excluding carboxylic acids is 3. The highest BCUT2D eigenvalue weighted by Crippen LogP contribution is 2.21. The van der Waals surface area contributed by atoms with Gasteiger partial charge in [-0.1, -0.05) is 27.7 Å². The van der Waals surface area contributed by atoms with Crippen LogP contribution in [0.1, 0.15) is 47.0 Å². The highest BCUT2D eigenvalue weighted by molar-refractivity contribution is 5.89. The Morgan fingerprint density at radius 3 is 2.42 bits per heavy atom. The second-order valence-electron chi connectivity index (χ2n) is 7.09. The van der Waals surface area contributed by atoms with Crippen molar-refractivity contribution >= 4 is 17.7 Å². The Labute approximate surface area is 146 Å². The molecule has 1 aliphatic heterocycles. The van der Waals surface area contributed by atoms with Crippen LogP contribution in [0.2, 0.25) is 0 Å². The number of hydrogen-bond donors (Lipinski definition) is 0. The lowest BCUT2D eigenvalue weighted by molar-refractivity contribution is -0.137. The van der Waals surface area contributed by atoms with E-state index in [9.17, 15) is 14.4 Å². The quantitative estimate of drug-likeness (QED) is 0.641. The molecular formula is C18H33N3O3. The van der Waals surface area contributed by atoms with Crippen molar-refractivity contribution in [2.45, 2.75) is 47.0 Å². The molecule has 0 saturated carbocycles. The van der Waals surface area contributed by atoms with Crippen LogP contribution in [0.3, 0.4) is 0 Å². The number of nitrogens with zero attached hydrogens (tertiary/aromatic N) is 3. The zero-order valence-corrected chi connectivity index (χ0v) is 15.9. The van der Waals surface area contributed by atoms with Gasteiger partial charge in [0.1, 0.15) is 0 Å². The number of likely N-dealkylation sites (N-methyl/N-ethyl adjacent to an activating group) is 1. The van der Waals surface area contributed by atoms with E-state index in [4.69, 9.17) is 0 Å². The third-order valence-electron chi connectivity index (χ3n) is 4.39. The van der Waals surface area contributed by atoms with Crippen molar-refractivity contribution < 1.29 is 14.4 Å². The van der Waals surface area contributed by atoms with Crippen LogP contribution in [-0.4, -0.2) is 72.2 Å². The van der Waals surface area contributed by atoms with Crippen molar-refractivity contribution in [3.8, 4) is 0 Å². The van der Waals surface area contributed by atoms with Gasteiger partial charge in [-0.2, -0.15) is 0 Å². The Morgan fingerprint density at radius 1 is 1.21 bits per heavy atom. The Kier molecular flexibility index (Phi) is 8.22. The van der Waals surface area contributed by atoms with Crippen molar-refractivity contribution in [3.63, 3.8) is 0 Å². The van der Waals surface area contributed by atoms with Crippen LogP contribution in [0.15, 0.2) is 0 Å². The maximum atomic E-state index is 12.8. The van der Waals surface area contributed by atoms with E-state index in [0.29, 0.717) is 51.5 Å². The molecule has 0 N–H and O–H groups in total. The third kappa shape index (κ3) is 5.80. The van der Waals surface area contributed by atoms with Gasteiger partial charge < -0.3 is 14.7 Å². The smallest absolute Gasteiger partial charge is 0.228 e. The summed E-state index contributed by atoms with van der Waals surface area (Å²) in [5.41, 5.74) is 0. The van der Waals surface area contributed by atoms with Crippen LogP contribution in [0.25, 0.3) is 0 Å². The van der Waals surface area contributed by atoms with Gasteiger partial charge in [-0.05, 0) is 12.3 Å². The molecule has 0 aromatic heterocycles. The lowest BCUT2D eigenvalue weighted by Gasteiger charge is -2.27. The molecule has 0 spiro atoms. The SMILES string of the molecule is CCCN(CCN(C)C(=O)CC)C(=O)C1CC(=O)N(CC(C)C)C1. The van der Waals surface area contributed by atoms with E-state index in [2.05, 4.69) is 13.8 Å². The van der Waals surface area contributed by atoms with E-state index in [1.54, 1.807) is 11.9 Å². The van der Waals surface area contributed by atoms with Gasteiger partial charge in [0.05, 0.1) is 5.92 Å². The van der Waals surface area contributed by atoms with E-state index >= 15 is 0 Å². The molecule has 0 bridgehead atoms. The van der Waals surface area contributed by atoms with Gasteiger partial charge in [0.25, 0.3) is 0 Å². The molecule has 0 aromatic rings. The number of rotatable bonds is 9. The summed E-state index contributed by atoms with van der Waals surface area (Å²) in [7, 11) is 1.77. The molecule has 0 radical (unpaired) electrons. The fourth-order valence-electron chi connectivity index (χ4n) is 3.08. The summed E-state index contributed by atoms with van der Waals surface area (Å²) >= 11 is 0. The summed E-state index contributed by atoms with van der Waals surface area (Å²) in [6.07, 6.45) is 1.66. The predicted octanol–water partition coefficient (Wildman–Crippen LogP) is 1.60. The minimum Gasteiger partial charge on any atom is -0.344 e. The molecule has 6 heteroatoms. The summed E-state index contributed by atoms with van der Waals surface area (Å²) in [5, 5.41) is 0. The lowest BCUT2D eigenvalue weighted by atomic mass is 10.1. The van der Waals surface area contributed by atoms with Crippen molar-refractivity contribution in [1.29, 1.82) is 0 Å².